The van der Waals surface area contributed by atoms with Crippen LogP contribution in [0, 0.1) is 0 Å². The molecule has 0 spiro atoms. The standard InChI is InChI=1S/C19H16Br2N2O5S/c20-13-3-8-18(17(21)10-13)28-12-19(24)23-14-4-6-16(7-5-14)29(25,26)22-11-15-2-1-9-27-15/h1-10,22H,11-12H2,(H,23,24). The number of ether oxygens (including phenoxy) is 1. The second kappa shape index (κ2) is 9.57. The maximum absolute atomic E-state index is 12.3. The molecule has 0 unspecified atom stereocenters. The number of benzene rings is 2. The third kappa shape index (κ3) is 6.17. The lowest BCUT2D eigenvalue weighted by atomic mass is 10.3. The molecule has 3 rings (SSSR count). The maximum Gasteiger partial charge on any atom is 0.262 e. The molecule has 0 saturated carbocycles. The number of carbonyl (C=O) groups excluding carboxylic acids is 1. The molecule has 1 amide bonds. The summed E-state index contributed by atoms with van der Waals surface area (Å²) in [7, 11) is -3.69. The molecule has 3 aromatic rings. The van der Waals surface area contributed by atoms with E-state index in [0.717, 1.165) is 8.95 Å². The molecule has 0 atom stereocenters. The molecule has 10 heteroatoms. The van der Waals surface area contributed by atoms with E-state index < -0.39 is 10.0 Å². The van der Waals surface area contributed by atoms with E-state index in [1.165, 1.54) is 30.5 Å². The van der Waals surface area contributed by atoms with Crippen LogP contribution in [0.5, 0.6) is 5.75 Å². The molecule has 0 radical (unpaired) electrons. The lowest BCUT2D eigenvalue weighted by Gasteiger charge is -2.10. The van der Waals surface area contributed by atoms with Crippen molar-refractivity contribution >= 4 is 53.5 Å². The molecule has 0 bridgehead atoms. The van der Waals surface area contributed by atoms with Gasteiger partial charge in [-0.05, 0) is 70.5 Å². The Balaban J connectivity index is 1.54. The monoisotopic (exact) mass is 542 g/mol. The van der Waals surface area contributed by atoms with Crippen LogP contribution < -0.4 is 14.8 Å². The third-order valence-corrected chi connectivity index (χ3v) is 6.25. The Morgan fingerprint density at radius 1 is 1.07 bits per heavy atom. The van der Waals surface area contributed by atoms with E-state index in [2.05, 4.69) is 41.9 Å². The van der Waals surface area contributed by atoms with Crippen LogP contribution in [-0.4, -0.2) is 20.9 Å². The average Bonchev–Trinajstić information content (AvgIpc) is 3.20. The highest BCUT2D eigenvalue weighted by atomic mass is 79.9. The van der Waals surface area contributed by atoms with Crippen LogP contribution in [0.25, 0.3) is 0 Å². The van der Waals surface area contributed by atoms with Crippen molar-refractivity contribution in [2.24, 2.45) is 0 Å². The number of hydrogen-bond donors (Lipinski definition) is 2. The maximum atomic E-state index is 12.3. The zero-order valence-electron chi connectivity index (χ0n) is 14.9. The number of furan rings is 1. The highest BCUT2D eigenvalue weighted by Crippen LogP contribution is 2.28. The van der Waals surface area contributed by atoms with Crippen LogP contribution in [0.1, 0.15) is 5.76 Å². The van der Waals surface area contributed by atoms with Gasteiger partial charge in [0, 0.05) is 10.2 Å². The van der Waals surface area contributed by atoms with E-state index in [1.807, 2.05) is 6.07 Å². The summed E-state index contributed by atoms with van der Waals surface area (Å²) in [6.45, 7) is -0.137. The number of halogens is 2. The first kappa shape index (κ1) is 21.6. The van der Waals surface area contributed by atoms with Crippen LogP contribution in [0.3, 0.4) is 0 Å². The second-order valence-corrected chi connectivity index (χ2v) is 9.38. The van der Waals surface area contributed by atoms with Gasteiger partial charge in [0.05, 0.1) is 22.2 Å². The van der Waals surface area contributed by atoms with Crippen molar-refractivity contribution in [3.63, 3.8) is 0 Å². The molecule has 0 aliphatic heterocycles. The number of sulfonamides is 1. The van der Waals surface area contributed by atoms with Gasteiger partial charge in [0.15, 0.2) is 6.61 Å². The van der Waals surface area contributed by atoms with Gasteiger partial charge in [0.25, 0.3) is 5.91 Å². The normalized spacial score (nSPS) is 11.2. The smallest absolute Gasteiger partial charge is 0.262 e. The van der Waals surface area contributed by atoms with E-state index in [9.17, 15) is 13.2 Å². The Hall–Kier alpha value is -2.14. The Kier molecular flexibility index (Phi) is 7.12. The van der Waals surface area contributed by atoms with Gasteiger partial charge in [-0.15, -0.1) is 0 Å². The molecule has 0 aliphatic rings. The van der Waals surface area contributed by atoms with Crippen molar-refractivity contribution < 1.29 is 22.4 Å². The molecule has 2 N–H and O–H groups in total. The SMILES string of the molecule is O=C(COc1ccc(Br)cc1Br)Nc1ccc(S(=O)(=O)NCc2ccco2)cc1. The van der Waals surface area contributed by atoms with E-state index in [1.54, 1.807) is 24.3 Å². The predicted molar refractivity (Wildman–Crippen MR) is 115 cm³/mol. The van der Waals surface area contributed by atoms with E-state index >= 15 is 0 Å². The Bertz CT molecular complexity index is 1080. The summed E-state index contributed by atoms with van der Waals surface area (Å²) in [4.78, 5) is 12.2. The van der Waals surface area contributed by atoms with Crippen molar-refractivity contribution in [1.82, 2.24) is 4.72 Å². The lowest BCUT2D eigenvalue weighted by Crippen LogP contribution is -2.23. The molecule has 0 aliphatic carbocycles. The van der Waals surface area contributed by atoms with Gasteiger partial charge in [-0.3, -0.25) is 4.79 Å². The number of amides is 1. The highest BCUT2D eigenvalue weighted by Gasteiger charge is 2.15. The van der Waals surface area contributed by atoms with E-state index in [0.29, 0.717) is 17.2 Å². The Labute approximate surface area is 184 Å². The summed E-state index contributed by atoms with van der Waals surface area (Å²) in [6.07, 6.45) is 1.47. The lowest BCUT2D eigenvalue weighted by molar-refractivity contribution is -0.118. The summed E-state index contributed by atoms with van der Waals surface area (Å²) in [5.41, 5.74) is 0.457. The molecule has 1 aromatic heterocycles. The zero-order chi connectivity index (χ0) is 20.9. The highest BCUT2D eigenvalue weighted by molar-refractivity contribution is 9.11. The van der Waals surface area contributed by atoms with E-state index in [4.69, 9.17) is 9.15 Å². The fourth-order valence-electron chi connectivity index (χ4n) is 2.31. The molecular formula is C19H16Br2N2O5S. The van der Waals surface area contributed by atoms with Crippen LogP contribution in [0.4, 0.5) is 5.69 Å². The Morgan fingerprint density at radius 3 is 2.48 bits per heavy atom. The summed E-state index contributed by atoms with van der Waals surface area (Å²) < 4.78 is 39.2. The van der Waals surface area contributed by atoms with Crippen LogP contribution >= 0.6 is 31.9 Å². The average molecular weight is 544 g/mol. The van der Waals surface area contributed by atoms with E-state index in [-0.39, 0.29) is 24.0 Å². The van der Waals surface area contributed by atoms with Crippen molar-refractivity contribution in [2.45, 2.75) is 11.4 Å². The minimum atomic E-state index is -3.69. The fourth-order valence-corrected chi connectivity index (χ4v) is 4.47. The minimum Gasteiger partial charge on any atom is -0.483 e. The quantitative estimate of drug-likeness (QED) is 0.441. The summed E-state index contributed by atoms with van der Waals surface area (Å²) in [6, 6.07) is 14.5. The number of hydrogen-bond acceptors (Lipinski definition) is 5. The molecule has 0 saturated heterocycles. The second-order valence-electron chi connectivity index (χ2n) is 5.84. The fraction of sp³-hybridized carbons (Fsp3) is 0.105. The summed E-state index contributed by atoms with van der Waals surface area (Å²) >= 11 is 6.70. The number of nitrogens with one attached hydrogen (secondary N) is 2. The van der Waals surface area contributed by atoms with Crippen molar-refractivity contribution in [3.8, 4) is 5.75 Å². The largest absolute Gasteiger partial charge is 0.483 e. The van der Waals surface area contributed by atoms with Gasteiger partial charge < -0.3 is 14.5 Å². The minimum absolute atomic E-state index is 0.0524. The zero-order valence-corrected chi connectivity index (χ0v) is 18.9. The molecule has 7 nitrogen and oxygen atoms in total. The topological polar surface area (TPSA) is 97.6 Å². The summed E-state index contributed by atoms with van der Waals surface area (Å²) in [5.74, 6) is 0.675. The molecule has 2 aromatic carbocycles. The molecule has 152 valence electrons. The van der Waals surface area contributed by atoms with Gasteiger partial charge >= 0.3 is 0 Å². The molecular weight excluding hydrogens is 528 g/mol. The van der Waals surface area contributed by atoms with Crippen LogP contribution in [-0.2, 0) is 21.4 Å². The van der Waals surface area contributed by atoms with Gasteiger partial charge in [0.2, 0.25) is 10.0 Å². The van der Waals surface area contributed by atoms with Gasteiger partial charge in [-0.1, -0.05) is 15.9 Å². The van der Waals surface area contributed by atoms with Crippen LogP contribution in [0.15, 0.2) is 79.1 Å². The Morgan fingerprint density at radius 2 is 1.83 bits per heavy atom. The number of carbonyl (C=O) groups is 1. The van der Waals surface area contributed by atoms with Gasteiger partial charge in [0.1, 0.15) is 11.5 Å². The molecule has 1 heterocycles. The third-order valence-electron chi connectivity index (χ3n) is 3.72. The number of rotatable bonds is 8. The van der Waals surface area contributed by atoms with Crippen molar-refractivity contribution in [1.29, 1.82) is 0 Å². The first-order valence-electron chi connectivity index (χ1n) is 8.33. The first-order chi connectivity index (χ1) is 13.8. The number of anilines is 1. The summed E-state index contributed by atoms with van der Waals surface area (Å²) in [5, 5.41) is 2.66. The molecule has 29 heavy (non-hydrogen) atoms. The van der Waals surface area contributed by atoms with Gasteiger partial charge in [-0.25, -0.2) is 13.1 Å². The van der Waals surface area contributed by atoms with Crippen molar-refractivity contribution in [3.05, 3.63) is 75.6 Å². The first-order valence-corrected chi connectivity index (χ1v) is 11.4. The van der Waals surface area contributed by atoms with Gasteiger partial charge in [-0.2, -0.15) is 0 Å². The predicted octanol–water partition coefficient (Wildman–Crippen LogP) is 4.30. The van der Waals surface area contributed by atoms with Crippen LogP contribution in [0.2, 0.25) is 0 Å². The molecule has 0 fully saturated rings. The van der Waals surface area contributed by atoms with Crippen molar-refractivity contribution in [2.75, 3.05) is 11.9 Å².